The van der Waals surface area contributed by atoms with Gasteiger partial charge in [0.15, 0.2) is 0 Å². The molecule has 0 aromatic heterocycles. The highest BCUT2D eigenvalue weighted by molar-refractivity contribution is 7.99. The van der Waals surface area contributed by atoms with Crippen LogP contribution < -0.4 is 10.2 Å². The normalized spacial score (nSPS) is 18.7. The highest BCUT2D eigenvalue weighted by atomic mass is 32.2. The number of benzene rings is 2. The van der Waals surface area contributed by atoms with E-state index in [-0.39, 0.29) is 17.5 Å². The molecule has 2 saturated heterocycles. The summed E-state index contributed by atoms with van der Waals surface area (Å²) < 4.78 is 14.6. The number of nitrogens with one attached hydrogen (secondary N) is 1. The number of nitrogens with zero attached hydrogens (tertiary/aromatic N) is 2. The standard InChI is InChI=1S/C22H24FN3O2S/c23-18-15-17(8-9-19(18)26-10-4-7-20(26)27)24-22(28)21(16-5-2-1-3-6-16)25-11-13-29-14-12-25/h1-3,5-6,8-9,15,21H,4,7,10-14H2,(H,24,28). The van der Waals surface area contributed by atoms with E-state index in [4.69, 9.17) is 0 Å². The van der Waals surface area contributed by atoms with Crippen molar-refractivity contribution in [2.75, 3.05) is 41.4 Å². The molecule has 2 aromatic carbocycles. The SMILES string of the molecule is O=C(Nc1ccc(N2CCCC2=O)c(F)c1)C(c1ccccc1)N1CCSCC1. The number of thioether (sulfide) groups is 1. The lowest BCUT2D eigenvalue weighted by Crippen LogP contribution is -2.41. The molecule has 7 heteroatoms. The van der Waals surface area contributed by atoms with Crippen molar-refractivity contribution in [3.63, 3.8) is 0 Å². The van der Waals surface area contributed by atoms with Crippen LogP contribution in [-0.4, -0.2) is 47.9 Å². The Labute approximate surface area is 174 Å². The fraction of sp³-hybridized carbons (Fsp3) is 0.364. The fourth-order valence-corrected chi connectivity index (χ4v) is 4.85. The number of anilines is 2. The maximum absolute atomic E-state index is 14.6. The summed E-state index contributed by atoms with van der Waals surface area (Å²) in [6.45, 7) is 2.20. The number of hydrogen-bond donors (Lipinski definition) is 1. The molecule has 2 aliphatic heterocycles. The van der Waals surface area contributed by atoms with Gasteiger partial charge < -0.3 is 10.2 Å². The molecule has 2 amide bonds. The summed E-state index contributed by atoms with van der Waals surface area (Å²) in [5.74, 6) is 1.25. The smallest absolute Gasteiger partial charge is 0.246 e. The number of amides is 2. The predicted molar refractivity (Wildman–Crippen MR) is 115 cm³/mol. The van der Waals surface area contributed by atoms with E-state index >= 15 is 0 Å². The molecule has 1 N–H and O–H groups in total. The highest BCUT2D eigenvalue weighted by Gasteiger charge is 2.29. The molecule has 1 unspecified atom stereocenters. The lowest BCUT2D eigenvalue weighted by atomic mass is 10.0. The van der Waals surface area contributed by atoms with Crippen LogP contribution in [0.2, 0.25) is 0 Å². The maximum Gasteiger partial charge on any atom is 0.246 e. The monoisotopic (exact) mass is 413 g/mol. The van der Waals surface area contributed by atoms with Crippen LogP contribution in [0, 0.1) is 5.82 Å². The second-order valence-corrected chi connectivity index (χ2v) is 8.49. The average Bonchev–Trinajstić information content (AvgIpc) is 3.15. The number of carbonyl (C=O) groups is 2. The third kappa shape index (κ3) is 4.46. The first-order valence-electron chi connectivity index (χ1n) is 9.91. The zero-order chi connectivity index (χ0) is 20.2. The third-order valence-corrected chi connectivity index (χ3v) is 6.30. The van der Waals surface area contributed by atoms with Crippen molar-refractivity contribution in [3.8, 4) is 0 Å². The zero-order valence-electron chi connectivity index (χ0n) is 16.1. The van der Waals surface area contributed by atoms with Crippen molar-refractivity contribution in [1.29, 1.82) is 0 Å². The number of halogens is 1. The molecule has 2 heterocycles. The van der Waals surface area contributed by atoms with Gasteiger partial charge in [-0.15, -0.1) is 0 Å². The van der Waals surface area contributed by atoms with Gasteiger partial charge >= 0.3 is 0 Å². The molecule has 2 aromatic rings. The van der Waals surface area contributed by atoms with Gasteiger partial charge in [0.25, 0.3) is 0 Å². The summed E-state index contributed by atoms with van der Waals surface area (Å²) in [6, 6.07) is 13.8. The van der Waals surface area contributed by atoms with Crippen LogP contribution in [0.15, 0.2) is 48.5 Å². The van der Waals surface area contributed by atoms with E-state index in [1.54, 1.807) is 12.1 Å². The molecule has 2 fully saturated rings. The summed E-state index contributed by atoms with van der Waals surface area (Å²) >= 11 is 1.89. The molecule has 2 aliphatic rings. The molecule has 0 saturated carbocycles. The zero-order valence-corrected chi connectivity index (χ0v) is 17.0. The Morgan fingerprint density at radius 2 is 1.83 bits per heavy atom. The lowest BCUT2D eigenvalue weighted by Gasteiger charge is -2.33. The van der Waals surface area contributed by atoms with Crippen molar-refractivity contribution in [2.24, 2.45) is 0 Å². The largest absolute Gasteiger partial charge is 0.324 e. The van der Waals surface area contributed by atoms with E-state index in [1.807, 2.05) is 42.1 Å². The van der Waals surface area contributed by atoms with Gasteiger partial charge in [0.05, 0.1) is 5.69 Å². The van der Waals surface area contributed by atoms with Crippen LogP contribution >= 0.6 is 11.8 Å². The Bertz CT molecular complexity index is 887. The Kier molecular flexibility index (Phi) is 6.16. The summed E-state index contributed by atoms with van der Waals surface area (Å²) in [4.78, 5) is 28.7. The third-order valence-electron chi connectivity index (χ3n) is 5.35. The van der Waals surface area contributed by atoms with E-state index in [0.29, 0.717) is 18.7 Å². The van der Waals surface area contributed by atoms with Gasteiger partial charge in [0.2, 0.25) is 11.8 Å². The topological polar surface area (TPSA) is 52.7 Å². The maximum atomic E-state index is 14.6. The Morgan fingerprint density at radius 3 is 2.48 bits per heavy atom. The summed E-state index contributed by atoms with van der Waals surface area (Å²) in [5.41, 5.74) is 1.60. The summed E-state index contributed by atoms with van der Waals surface area (Å²) in [7, 11) is 0. The average molecular weight is 414 g/mol. The fourth-order valence-electron chi connectivity index (χ4n) is 3.92. The van der Waals surface area contributed by atoms with Gasteiger partial charge in [-0.25, -0.2) is 4.39 Å². The molecule has 1 atom stereocenters. The van der Waals surface area contributed by atoms with E-state index in [1.165, 1.54) is 11.0 Å². The molecule has 0 radical (unpaired) electrons. The second kappa shape index (κ2) is 8.97. The first-order chi connectivity index (χ1) is 14.1. The van der Waals surface area contributed by atoms with E-state index in [0.717, 1.165) is 36.6 Å². The first kappa shape index (κ1) is 19.9. The molecular weight excluding hydrogens is 389 g/mol. The molecule has 4 rings (SSSR count). The van der Waals surface area contributed by atoms with Crippen LogP contribution in [-0.2, 0) is 9.59 Å². The molecule has 152 valence electrons. The lowest BCUT2D eigenvalue weighted by molar-refractivity contribution is -0.121. The molecule has 0 bridgehead atoms. The van der Waals surface area contributed by atoms with Gasteiger partial charge in [-0.1, -0.05) is 30.3 Å². The Balaban J connectivity index is 1.54. The second-order valence-electron chi connectivity index (χ2n) is 7.27. The Morgan fingerprint density at radius 1 is 1.07 bits per heavy atom. The van der Waals surface area contributed by atoms with Crippen molar-refractivity contribution in [2.45, 2.75) is 18.9 Å². The molecule has 0 spiro atoms. The number of rotatable bonds is 5. The van der Waals surface area contributed by atoms with Crippen LogP contribution in [0.5, 0.6) is 0 Å². The molecule has 5 nitrogen and oxygen atoms in total. The minimum absolute atomic E-state index is 0.0622. The molecule has 0 aliphatic carbocycles. The van der Waals surface area contributed by atoms with Crippen molar-refractivity contribution in [3.05, 3.63) is 59.9 Å². The van der Waals surface area contributed by atoms with E-state index in [9.17, 15) is 14.0 Å². The Hall–Kier alpha value is -2.38. The first-order valence-corrected chi connectivity index (χ1v) is 11.1. The van der Waals surface area contributed by atoms with Crippen molar-refractivity contribution in [1.82, 2.24) is 4.90 Å². The van der Waals surface area contributed by atoms with Gasteiger partial charge in [-0.2, -0.15) is 11.8 Å². The van der Waals surface area contributed by atoms with E-state index in [2.05, 4.69) is 10.2 Å². The predicted octanol–water partition coefficient (Wildman–Crippen LogP) is 3.68. The summed E-state index contributed by atoms with van der Waals surface area (Å²) in [5, 5.41) is 2.88. The van der Waals surface area contributed by atoms with Gasteiger partial charge in [-0.05, 0) is 30.2 Å². The van der Waals surface area contributed by atoms with Gasteiger partial charge in [0, 0.05) is 43.2 Å². The van der Waals surface area contributed by atoms with Crippen LogP contribution in [0.1, 0.15) is 24.4 Å². The van der Waals surface area contributed by atoms with Crippen LogP contribution in [0.4, 0.5) is 15.8 Å². The van der Waals surface area contributed by atoms with E-state index < -0.39 is 11.9 Å². The van der Waals surface area contributed by atoms with Crippen molar-refractivity contribution >= 4 is 35.0 Å². The number of hydrogen-bond acceptors (Lipinski definition) is 4. The van der Waals surface area contributed by atoms with Gasteiger partial charge in [0.1, 0.15) is 11.9 Å². The minimum atomic E-state index is -0.497. The molecule has 29 heavy (non-hydrogen) atoms. The quantitative estimate of drug-likeness (QED) is 0.813. The van der Waals surface area contributed by atoms with Crippen LogP contribution in [0.25, 0.3) is 0 Å². The highest BCUT2D eigenvalue weighted by Crippen LogP contribution is 2.29. The van der Waals surface area contributed by atoms with Crippen LogP contribution in [0.3, 0.4) is 0 Å². The van der Waals surface area contributed by atoms with Crippen molar-refractivity contribution < 1.29 is 14.0 Å². The molecular formula is C22H24FN3O2S. The summed E-state index contributed by atoms with van der Waals surface area (Å²) in [6.07, 6.45) is 1.19. The van der Waals surface area contributed by atoms with Gasteiger partial charge in [-0.3, -0.25) is 14.5 Å². The number of carbonyl (C=O) groups excluding carboxylic acids is 2. The minimum Gasteiger partial charge on any atom is -0.324 e.